The lowest BCUT2D eigenvalue weighted by molar-refractivity contribution is 0.307. The van der Waals surface area contributed by atoms with Crippen molar-refractivity contribution < 1.29 is 17.9 Å². The van der Waals surface area contributed by atoms with E-state index in [9.17, 15) is 8.42 Å². The van der Waals surface area contributed by atoms with E-state index in [0.29, 0.717) is 23.1 Å². The minimum Gasteiger partial charge on any atom is -0.493 e. The average molecular weight is 322 g/mol. The molecule has 1 N–H and O–H groups in total. The number of halogens is 1. The first-order valence-corrected chi connectivity index (χ1v) is 8.69. The van der Waals surface area contributed by atoms with E-state index in [0.717, 1.165) is 12.1 Å². The van der Waals surface area contributed by atoms with Crippen molar-refractivity contribution in [2.75, 3.05) is 32.3 Å². The SMILES string of the molecule is CCNCc1cc(Cl)cc(OC)c1OCCS(C)(=O)=O. The highest BCUT2D eigenvalue weighted by Gasteiger charge is 2.13. The molecule has 0 saturated heterocycles. The molecule has 0 atom stereocenters. The van der Waals surface area contributed by atoms with Gasteiger partial charge in [-0.25, -0.2) is 8.42 Å². The maximum absolute atomic E-state index is 11.1. The molecular formula is C13H20ClNO4S. The lowest BCUT2D eigenvalue weighted by Crippen LogP contribution is -2.16. The highest BCUT2D eigenvalue weighted by Crippen LogP contribution is 2.34. The molecule has 0 fully saturated rings. The van der Waals surface area contributed by atoms with Crippen LogP contribution in [0.4, 0.5) is 0 Å². The fourth-order valence-corrected chi connectivity index (χ4v) is 2.24. The Labute approximate surface area is 125 Å². The van der Waals surface area contributed by atoms with E-state index in [4.69, 9.17) is 21.1 Å². The van der Waals surface area contributed by atoms with E-state index in [-0.39, 0.29) is 12.4 Å². The van der Waals surface area contributed by atoms with Gasteiger partial charge < -0.3 is 14.8 Å². The van der Waals surface area contributed by atoms with E-state index in [2.05, 4.69) is 5.32 Å². The van der Waals surface area contributed by atoms with Crippen molar-refractivity contribution in [1.29, 1.82) is 0 Å². The summed E-state index contributed by atoms with van der Waals surface area (Å²) >= 11 is 6.03. The second kappa shape index (κ2) is 7.71. The van der Waals surface area contributed by atoms with Gasteiger partial charge in [0.1, 0.15) is 6.61 Å². The van der Waals surface area contributed by atoms with E-state index >= 15 is 0 Å². The summed E-state index contributed by atoms with van der Waals surface area (Å²) in [5.41, 5.74) is 0.838. The Balaban J connectivity index is 2.94. The van der Waals surface area contributed by atoms with Crippen molar-refractivity contribution in [2.24, 2.45) is 0 Å². The number of nitrogens with one attached hydrogen (secondary N) is 1. The van der Waals surface area contributed by atoms with E-state index < -0.39 is 9.84 Å². The lowest BCUT2D eigenvalue weighted by atomic mass is 10.2. The second-order valence-electron chi connectivity index (χ2n) is 4.35. The monoisotopic (exact) mass is 321 g/mol. The van der Waals surface area contributed by atoms with Gasteiger partial charge in [0.25, 0.3) is 0 Å². The third kappa shape index (κ3) is 5.56. The topological polar surface area (TPSA) is 64.6 Å². The van der Waals surface area contributed by atoms with Crippen LogP contribution < -0.4 is 14.8 Å². The molecule has 0 aliphatic carbocycles. The molecule has 5 nitrogen and oxygen atoms in total. The molecule has 20 heavy (non-hydrogen) atoms. The van der Waals surface area contributed by atoms with E-state index in [1.165, 1.54) is 13.4 Å². The van der Waals surface area contributed by atoms with Crippen molar-refractivity contribution in [3.05, 3.63) is 22.7 Å². The van der Waals surface area contributed by atoms with Crippen LogP contribution in [-0.2, 0) is 16.4 Å². The smallest absolute Gasteiger partial charge is 0.165 e. The minimum atomic E-state index is -3.06. The zero-order valence-electron chi connectivity index (χ0n) is 11.9. The molecule has 7 heteroatoms. The normalized spacial score (nSPS) is 11.4. The fraction of sp³-hybridized carbons (Fsp3) is 0.538. The van der Waals surface area contributed by atoms with Crippen LogP contribution in [0.5, 0.6) is 11.5 Å². The maximum atomic E-state index is 11.1. The van der Waals surface area contributed by atoms with Crippen LogP contribution in [0.15, 0.2) is 12.1 Å². The molecule has 0 aliphatic rings. The molecule has 0 bridgehead atoms. The summed E-state index contributed by atoms with van der Waals surface area (Å²) < 4.78 is 33.1. The van der Waals surface area contributed by atoms with Crippen LogP contribution in [0.3, 0.4) is 0 Å². The van der Waals surface area contributed by atoms with Gasteiger partial charge in [0, 0.05) is 29.5 Å². The first-order valence-electron chi connectivity index (χ1n) is 6.25. The number of hydrogen-bond acceptors (Lipinski definition) is 5. The quantitative estimate of drug-likeness (QED) is 0.792. The van der Waals surface area contributed by atoms with Gasteiger partial charge in [0.15, 0.2) is 21.3 Å². The number of benzene rings is 1. The largest absolute Gasteiger partial charge is 0.493 e. The Morgan fingerprint density at radius 2 is 2.05 bits per heavy atom. The zero-order chi connectivity index (χ0) is 15.2. The molecule has 1 rings (SSSR count). The highest BCUT2D eigenvalue weighted by molar-refractivity contribution is 7.90. The molecule has 1 aromatic carbocycles. The van der Waals surface area contributed by atoms with Crippen molar-refractivity contribution in [2.45, 2.75) is 13.5 Å². The molecule has 1 aromatic rings. The first-order chi connectivity index (χ1) is 9.37. The standard InChI is InChI=1S/C13H20ClNO4S/c1-4-15-9-10-7-11(14)8-12(18-2)13(10)19-5-6-20(3,16)17/h7-8,15H,4-6,9H2,1-3H3. The Kier molecular flexibility index (Phi) is 6.58. The fourth-order valence-electron chi connectivity index (χ4n) is 1.62. The first kappa shape index (κ1) is 17.1. The summed E-state index contributed by atoms with van der Waals surface area (Å²) in [6, 6.07) is 3.43. The molecule has 0 saturated carbocycles. The van der Waals surface area contributed by atoms with Gasteiger partial charge in [-0.1, -0.05) is 18.5 Å². The number of ether oxygens (including phenoxy) is 2. The maximum Gasteiger partial charge on any atom is 0.165 e. The van der Waals surface area contributed by atoms with Gasteiger partial charge in [-0.05, 0) is 12.6 Å². The van der Waals surface area contributed by atoms with Gasteiger partial charge in [-0.2, -0.15) is 0 Å². The molecule has 0 heterocycles. The zero-order valence-corrected chi connectivity index (χ0v) is 13.5. The summed E-state index contributed by atoms with van der Waals surface area (Å²) in [5.74, 6) is 0.986. The van der Waals surface area contributed by atoms with Gasteiger partial charge in [-0.15, -0.1) is 0 Å². The van der Waals surface area contributed by atoms with Gasteiger partial charge in [0.05, 0.1) is 12.9 Å². The minimum absolute atomic E-state index is 0.0422. The third-order valence-corrected chi connectivity index (χ3v) is 3.71. The molecule has 0 aliphatic heterocycles. The van der Waals surface area contributed by atoms with Crippen LogP contribution in [0.2, 0.25) is 5.02 Å². The average Bonchev–Trinajstić information content (AvgIpc) is 2.36. The molecule has 0 amide bonds. The van der Waals surface area contributed by atoms with Crippen molar-refractivity contribution in [3.8, 4) is 11.5 Å². The molecule has 0 spiro atoms. The number of sulfone groups is 1. The van der Waals surface area contributed by atoms with Gasteiger partial charge in [0.2, 0.25) is 0 Å². The summed E-state index contributed by atoms with van der Waals surface area (Å²) in [7, 11) is -1.54. The third-order valence-electron chi connectivity index (χ3n) is 2.58. The second-order valence-corrected chi connectivity index (χ2v) is 7.05. The van der Waals surface area contributed by atoms with Crippen LogP contribution in [0.1, 0.15) is 12.5 Å². The van der Waals surface area contributed by atoms with E-state index in [1.807, 2.05) is 6.92 Å². The summed E-state index contributed by atoms with van der Waals surface area (Å²) in [5, 5.41) is 3.72. The summed E-state index contributed by atoms with van der Waals surface area (Å²) in [6.07, 6.45) is 1.18. The van der Waals surface area contributed by atoms with Crippen LogP contribution in [-0.4, -0.2) is 40.7 Å². The van der Waals surface area contributed by atoms with Crippen LogP contribution in [0.25, 0.3) is 0 Å². The summed E-state index contributed by atoms with van der Waals surface area (Å²) in [4.78, 5) is 0. The Hall–Kier alpha value is -0.980. The molecule has 0 aromatic heterocycles. The molecule has 114 valence electrons. The lowest BCUT2D eigenvalue weighted by Gasteiger charge is -2.16. The van der Waals surface area contributed by atoms with E-state index in [1.54, 1.807) is 12.1 Å². The Morgan fingerprint density at radius 3 is 2.60 bits per heavy atom. The number of rotatable bonds is 8. The summed E-state index contributed by atoms with van der Waals surface area (Å²) in [6.45, 7) is 3.45. The molecular weight excluding hydrogens is 302 g/mol. The van der Waals surface area contributed by atoms with Gasteiger partial charge in [-0.3, -0.25) is 0 Å². The highest BCUT2D eigenvalue weighted by atomic mass is 35.5. The van der Waals surface area contributed by atoms with Crippen molar-refractivity contribution in [1.82, 2.24) is 5.32 Å². The Bertz CT molecular complexity index is 546. The van der Waals surface area contributed by atoms with Crippen LogP contribution in [0, 0.1) is 0 Å². The van der Waals surface area contributed by atoms with Crippen molar-refractivity contribution in [3.63, 3.8) is 0 Å². The van der Waals surface area contributed by atoms with Crippen LogP contribution >= 0.6 is 11.6 Å². The predicted octanol–water partition coefficient (Wildman–Crippen LogP) is 1.88. The predicted molar refractivity (Wildman–Crippen MR) is 80.6 cm³/mol. The van der Waals surface area contributed by atoms with Gasteiger partial charge >= 0.3 is 0 Å². The number of hydrogen-bond donors (Lipinski definition) is 1. The number of methoxy groups -OCH3 is 1. The molecule has 0 unspecified atom stereocenters. The molecule has 0 radical (unpaired) electrons. The van der Waals surface area contributed by atoms with Crippen molar-refractivity contribution >= 4 is 21.4 Å². The Morgan fingerprint density at radius 1 is 1.35 bits per heavy atom.